The van der Waals surface area contributed by atoms with Gasteiger partial charge in [0.05, 0.1) is 11.2 Å². The molecule has 0 saturated heterocycles. The summed E-state index contributed by atoms with van der Waals surface area (Å²) in [6.45, 7) is 2.08. The van der Waals surface area contributed by atoms with Crippen molar-refractivity contribution in [3.63, 3.8) is 0 Å². The molecular formula is C18H13FN2. The van der Waals surface area contributed by atoms with Gasteiger partial charge >= 0.3 is 0 Å². The average molecular weight is 276 g/mol. The number of H-pyrrole nitrogens is 1. The predicted molar refractivity (Wildman–Crippen MR) is 83.7 cm³/mol. The fraction of sp³-hybridized carbons (Fsp3) is 0.0556. The molecule has 2 aromatic heterocycles. The van der Waals surface area contributed by atoms with Crippen LogP contribution in [0.2, 0.25) is 0 Å². The molecule has 0 radical (unpaired) electrons. The van der Waals surface area contributed by atoms with Gasteiger partial charge in [0.1, 0.15) is 5.82 Å². The Hall–Kier alpha value is -2.68. The summed E-state index contributed by atoms with van der Waals surface area (Å²) < 4.78 is 13.1. The van der Waals surface area contributed by atoms with E-state index < -0.39 is 0 Å². The molecule has 4 aromatic rings. The van der Waals surface area contributed by atoms with Crippen molar-refractivity contribution >= 4 is 21.8 Å². The summed E-state index contributed by atoms with van der Waals surface area (Å²) in [5.74, 6) is -0.238. The zero-order chi connectivity index (χ0) is 14.4. The number of aromatic nitrogens is 2. The number of benzene rings is 2. The van der Waals surface area contributed by atoms with Gasteiger partial charge in [-0.05, 0) is 49.4 Å². The van der Waals surface area contributed by atoms with Crippen LogP contribution in [-0.4, -0.2) is 9.97 Å². The third-order valence-corrected chi connectivity index (χ3v) is 3.79. The Morgan fingerprint density at radius 1 is 0.952 bits per heavy atom. The molecule has 0 bridgehead atoms. The number of nitrogens with one attached hydrogen (secondary N) is 1. The number of hydrogen-bond acceptors (Lipinski definition) is 1. The first kappa shape index (κ1) is 12.1. The summed E-state index contributed by atoms with van der Waals surface area (Å²) in [4.78, 5) is 7.90. The third kappa shape index (κ3) is 1.89. The van der Waals surface area contributed by atoms with E-state index in [-0.39, 0.29) is 5.82 Å². The smallest absolute Gasteiger partial charge is 0.123 e. The number of fused-ring (bicyclic) bond motifs is 3. The lowest BCUT2D eigenvalue weighted by Crippen LogP contribution is -1.85. The minimum atomic E-state index is -0.238. The van der Waals surface area contributed by atoms with Gasteiger partial charge in [-0.3, -0.25) is 4.98 Å². The van der Waals surface area contributed by atoms with E-state index in [1.165, 1.54) is 23.1 Å². The molecule has 0 fully saturated rings. The first-order chi connectivity index (χ1) is 10.2. The number of aryl methyl sites for hydroxylation is 1. The normalized spacial score (nSPS) is 11.3. The topological polar surface area (TPSA) is 28.7 Å². The Labute approximate surface area is 121 Å². The molecule has 0 saturated carbocycles. The van der Waals surface area contributed by atoms with Crippen LogP contribution in [0.15, 0.2) is 54.7 Å². The molecule has 102 valence electrons. The Morgan fingerprint density at radius 3 is 2.57 bits per heavy atom. The van der Waals surface area contributed by atoms with E-state index >= 15 is 0 Å². The molecule has 0 atom stereocenters. The second-order valence-electron chi connectivity index (χ2n) is 5.26. The van der Waals surface area contributed by atoms with E-state index in [4.69, 9.17) is 0 Å². The van der Waals surface area contributed by atoms with E-state index in [0.717, 1.165) is 27.7 Å². The Bertz CT molecular complexity index is 952. The van der Waals surface area contributed by atoms with Gasteiger partial charge < -0.3 is 4.98 Å². The van der Waals surface area contributed by atoms with Crippen molar-refractivity contribution in [2.24, 2.45) is 0 Å². The van der Waals surface area contributed by atoms with Crippen LogP contribution in [-0.2, 0) is 0 Å². The highest BCUT2D eigenvalue weighted by atomic mass is 19.1. The van der Waals surface area contributed by atoms with Crippen LogP contribution >= 0.6 is 0 Å². The number of aromatic amines is 1. The molecule has 1 N–H and O–H groups in total. The lowest BCUT2D eigenvalue weighted by molar-refractivity contribution is 0.628. The predicted octanol–water partition coefficient (Wildman–Crippen LogP) is 4.83. The van der Waals surface area contributed by atoms with Crippen molar-refractivity contribution < 1.29 is 4.39 Å². The Kier molecular flexibility index (Phi) is 2.54. The largest absolute Gasteiger partial charge is 0.353 e. The molecule has 0 unspecified atom stereocenters. The zero-order valence-electron chi connectivity index (χ0n) is 11.5. The zero-order valence-corrected chi connectivity index (χ0v) is 11.5. The standard InChI is InChI=1S/C18H13FN2/c1-11-2-7-16-15(10-11)14-8-9-20-17(18(14)21-16)12-3-5-13(19)6-4-12/h2-10,21H,1H3. The third-order valence-electron chi connectivity index (χ3n) is 3.79. The van der Waals surface area contributed by atoms with Gasteiger partial charge in [-0.15, -0.1) is 0 Å². The maximum absolute atomic E-state index is 13.1. The molecular weight excluding hydrogens is 263 g/mol. The fourth-order valence-electron chi connectivity index (χ4n) is 2.76. The van der Waals surface area contributed by atoms with Crippen LogP contribution in [0.3, 0.4) is 0 Å². The van der Waals surface area contributed by atoms with Crippen LogP contribution in [0, 0.1) is 12.7 Å². The van der Waals surface area contributed by atoms with Crippen molar-refractivity contribution in [2.45, 2.75) is 6.92 Å². The second kappa shape index (κ2) is 4.42. The first-order valence-electron chi connectivity index (χ1n) is 6.85. The van der Waals surface area contributed by atoms with Crippen molar-refractivity contribution in [3.8, 4) is 11.3 Å². The summed E-state index contributed by atoms with van der Waals surface area (Å²) >= 11 is 0. The van der Waals surface area contributed by atoms with E-state index in [1.807, 2.05) is 6.07 Å². The number of pyridine rings is 1. The maximum Gasteiger partial charge on any atom is 0.123 e. The highest BCUT2D eigenvalue weighted by Crippen LogP contribution is 2.31. The van der Waals surface area contributed by atoms with E-state index in [9.17, 15) is 4.39 Å². The molecule has 0 aliphatic carbocycles. The summed E-state index contributed by atoms with van der Waals surface area (Å²) in [7, 11) is 0. The monoisotopic (exact) mass is 276 g/mol. The number of nitrogens with zero attached hydrogens (tertiary/aromatic N) is 1. The minimum absolute atomic E-state index is 0.238. The molecule has 4 rings (SSSR count). The summed E-state index contributed by atoms with van der Waals surface area (Å²) in [6, 6.07) is 14.8. The highest BCUT2D eigenvalue weighted by Gasteiger charge is 2.10. The minimum Gasteiger partial charge on any atom is -0.353 e. The molecule has 21 heavy (non-hydrogen) atoms. The highest BCUT2D eigenvalue weighted by molar-refractivity contribution is 6.11. The molecule has 0 spiro atoms. The van der Waals surface area contributed by atoms with Crippen LogP contribution in [0.25, 0.3) is 33.1 Å². The van der Waals surface area contributed by atoms with Crippen LogP contribution < -0.4 is 0 Å². The fourth-order valence-corrected chi connectivity index (χ4v) is 2.76. The first-order valence-corrected chi connectivity index (χ1v) is 6.85. The van der Waals surface area contributed by atoms with Gasteiger partial charge in [0.2, 0.25) is 0 Å². The summed E-state index contributed by atoms with van der Waals surface area (Å²) in [6.07, 6.45) is 1.80. The lowest BCUT2D eigenvalue weighted by atomic mass is 10.1. The number of hydrogen-bond donors (Lipinski definition) is 1. The number of rotatable bonds is 1. The van der Waals surface area contributed by atoms with Crippen LogP contribution in [0.5, 0.6) is 0 Å². The molecule has 0 aliphatic heterocycles. The van der Waals surface area contributed by atoms with Gasteiger partial charge in [0, 0.05) is 28.0 Å². The lowest BCUT2D eigenvalue weighted by Gasteiger charge is -2.02. The van der Waals surface area contributed by atoms with Gasteiger partial charge in [-0.2, -0.15) is 0 Å². The molecule has 0 aliphatic rings. The SMILES string of the molecule is Cc1ccc2[nH]c3c(-c4ccc(F)cc4)nccc3c2c1. The van der Waals surface area contributed by atoms with Gasteiger partial charge in [-0.25, -0.2) is 4.39 Å². The van der Waals surface area contributed by atoms with Gasteiger partial charge in [0.25, 0.3) is 0 Å². The van der Waals surface area contributed by atoms with E-state index in [2.05, 4.69) is 35.1 Å². The maximum atomic E-state index is 13.1. The average Bonchev–Trinajstić information content (AvgIpc) is 2.86. The van der Waals surface area contributed by atoms with Crippen LogP contribution in [0.1, 0.15) is 5.56 Å². The molecule has 2 aromatic carbocycles. The second-order valence-corrected chi connectivity index (χ2v) is 5.26. The molecule has 2 heterocycles. The van der Waals surface area contributed by atoms with Crippen LogP contribution in [0.4, 0.5) is 4.39 Å². The van der Waals surface area contributed by atoms with Gasteiger partial charge in [0.15, 0.2) is 0 Å². The van der Waals surface area contributed by atoms with Crippen molar-refractivity contribution in [1.29, 1.82) is 0 Å². The summed E-state index contributed by atoms with van der Waals surface area (Å²) in [5.41, 5.74) is 5.06. The quantitative estimate of drug-likeness (QED) is 0.530. The van der Waals surface area contributed by atoms with Crippen molar-refractivity contribution in [3.05, 3.63) is 66.1 Å². The number of halogens is 1. The van der Waals surface area contributed by atoms with Gasteiger partial charge in [-0.1, -0.05) is 11.6 Å². The Morgan fingerprint density at radius 2 is 1.76 bits per heavy atom. The molecule has 3 heteroatoms. The molecule has 2 nitrogen and oxygen atoms in total. The molecule has 0 amide bonds. The van der Waals surface area contributed by atoms with E-state index in [1.54, 1.807) is 18.3 Å². The van der Waals surface area contributed by atoms with Crippen molar-refractivity contribution in [2.75, 3.05) is 0 Å². The van der Waals surface area contributed by atoms with Crippen molar-refractivity contribution in [1.82, 2.24) is 9.97 Å². The van der Waals surface area contributed by atoms with E-state index in [0.29, 0.717) is 0 Å². The summed E-state index contributed by atoms with van der Waals surface area (Å²) in [5, 5.41) is 2.33. The Balaban J connectivity index is 2.06.